The summed E-state index contributed by atoms with van der Waals surface area (Å²) in [6.45, 7) is 6.13. The predicted octanol–water partition coefficient (Wildman–Crippen LogP) is 2.57. The number of fused-ring (bicyclic) bond motifs is 4. The van der Waals surface area contributed by atoms with Crippen molar-refractivity contribution in [2.24, 2.45) is 0 Å². The Hall–Kier alpha value is -2.88. The minimum atomic E-state index is -3.83. The van der Waals surface area contributed by atoms with Gasteiger partial charge in [0, 0.05) is 59.4 Å². The third-order valence-corrected chi connectivity index (χ3v) is 8.90. The molecule has 0 spiro atoms. The minimum absolute atomic E-state index is 0.0324. The molecule has 0 atom stereocenters. The highest BCUT2D eigenvalue weighted by molar-refractivity contribution is 7.89. The molecule has 0 saturated carbocycles. The number of nitrogens with one attached hydrogen (secondary N) is 1. The van der Waals surface area contributed by atoms with E-state index >= 15 is 0 Å². The van der Waals surface area contributed by atoms with Crippen LogP contribution >= 0.6 is 0 Å². The highest BCUT2D eigenvalue weighted by atomic mass is 32.2. The highest BCUT2D eigenvalue weighted by Gasteiger charge is 2.42. The smallest absolute Gasteiger partial charge is 0.246 e. The van der Waals surface area contributed by atoms with E-state index in [2.05, 4.69) is 9.88 Å². The zero-order valence-corrected chi connectivity index (χ0v) is 20.0. The lowest BCUT2D eigenvalue weighted by molar-refractivity contribution is 0.103. The van der Waals surface area contributed by atoms with Gasteiger partial charge in [-0.2, -0.15) is 4.31 Å². The average Bonchev–Trinajstić information content (AvgIpc) is 3.17. The molecule has 2 aromatic carbocycles. The van der Waals surface area contributed by atoms with Crippen molar-refractivity contribution in [3.05, 3.63) is 52.7 Å². The fraction of sp³-hybridized carbons (Fsp3) is 0.375. The summed E-state index contributed by atoms with van der Waals surface area (Å²) >= 11 is 0. The summed E-state index contributed by atoms with van der Waals surface area (Å²) in [6.07, 6.45) is 0. The first-order valence-electron chi connectivity index (χ1n) is 10.9. The van der Waals surface area contributed by atoms with E-state index in [4.69, 9.17) is 10.5 Å². The second kappa shape index (κ2) is 7.31. The maximum Gasteiger partial charge on any atom is 0.246 e. The molecule has 174 valence electrons. The molecule has 2 aliphatic rings. The molecule has 0 bridgehead atoms. The molecular weight excluding hydrogens is 440 g/mol. The van der Waals surface area contributed by atoms with Crippen LogP contribution in [0.25, 0.3) is 10.9 Å². The van der Waals surface area contributed by atoms with Gasteiger partial charge < -0.3 is 20.4 Å². The van der Waals surface area contributed by atoms with Crippen molar-refractivity contribution < 1.29 is 17.9 Å². The van der Waals surface area contributed by atoms with Crippen molar-refractivity contribution in [2.75, 3.05) is 46.1 Å². The quantitative estimate of drug-likeness (QED) is 0.572. The number of sulfonamides is 1. The van der Waals surface area contributed by atoms with Crippen LogP contribution in [0.3, 0.4) is 0 Å². The Bertz CT molecular complexity index is 1400. The molecule has 33 heavy (non-hydrogen) atoms. The predicted molar refractivity (Wildman–Crippen MR) is 128 cm³/mol. The van der Waals surface area contributed by atoms with E-state index in [1.165, 1.54) is 17.5 Å². The number of nitrogens with two attached hydrogens (primary N) is 1. The zero-order valence-electron chi connectivity index (χ0n) is 19.2. The van der Waals surface area contributed by atoms with Crippen molar-refractivity contribution in [1.29, 1.82) is 0 Å². The molecule has 0 unspecified atom stereocenters. The van der Waals surface area contributed by atoms with E-state index in [0.29, 0.717) is 43.0 Å². The number of likely N-dealkylation sites (N-methyl/N-ethyl adjacent to an activating group) is 1. The first-order chi connectivity index (χ1) is 15.6. The summed E-state index contributed by atoms with van der Waals surface area (Å²) < 4.78 is 34.2. The Kier molecular flexibility index (Phi) is 4.86. The van der Waals surface area contributed by atoms with Gasteiger partial charge in [-0.1, -0.05) is 19.9 Å². The summed E-state index contributed by atoms with van der Waals surface area (Å²) in [6, 6.07) is 8.63. The molecule has 1 saturated heterocycles. The zero-order chi connectivity index (χ0) is 23.7. The van der Waals surface area contributed by atoms with E-state index in [9.17, 15) is 13.2 Å². The summed E-state index contributed by atoms with van der Waals surface area (Å²) in [7, 11) is -0.403. The van der Waals surface area contributed by atoms with Gasteiger partial charge in [-0.3, -0.25) is 4.79 Å². The summed E-state index contributed by atoms with van der Waals surface area (Å²) in [4.78, 5) is 19.3. The van der Waals surface area contributed by atoms with Crippen LogP contribution in [-0.2, 0) is 15.4 Å². The summed E-state index contributed by atoms with van der Waals surface area (Å²) in [5.74, 6) is 0.0465. The molecule has 2 heterocycles. The Balaban J connectivity index is 1.71. The summed E-state index contributed by atoms with van der Waals surface area (Å²) in [5, 5.41) is 0.780. The number of hydrogen-bond donors (Lipinski definition) is 2. The lowest BCUT2D eigenvalue weighted by atomic mass is 9.71. The van der Waals surface area contributed by atoms with E-state index < -0.39 is 15.4 Å². The van der Waals surface area contributed by atoms with Crippen molar-refractivity contribution in [1.82, 2.24) is 14.2 Å². The third kappa shape index (κ3) is 3.18. The van der Waals surface area contributed by atoms with Gasteiger partial charge >= 0.3 is 0 Å². The number of carbonyl (C=O) groups excluding carboxylic acids is 1. The number of anilines is 1. The van der Waals surface area contributed by atoms with Crippen LogP contribution in [0.15, 0.2) is 35.2 Å². The standard InChI is InChI=1S/C24H28N4O4S/c1-24(2)17-13-19(32-4)20(33(30,31)28-9-7-27(3)8-10-28)12-16(17)22(29)21-15-6-5-14(25)11-18(15)26-23(21)24/h5-6,11-13,26H,7-10,25H2,1-4H3. The molecule has 9 heteroatoms. The van der Waals surface area contributed by atoms with Gasteiger partial charge in [0.2, 0.25) is 10.0 Å². The normalized spacial score (nSPS) is 18.8. The molecule has 3 aromatic rings. The second-order valence-electron chi connectivity index (χ2n) is 9.39. The number of carbonyl (C=O) groups is 1. The Morgan fingerprint density at radius 2 is 1.79 bits per heavy atom. The van der Waals surface area contributed by atoms with Crippen LogP contribution in [-0.4, -0.2) is 68.7 Å². The first-order valence-corrected chi connectivity index (χ1v) is 12.4. The molecule has 3 N–H and O–H groups in total. The number of H-pyrrole nitrogens is 1. The van der Waals surface area contributed by atoms with Crippen molar-refractivity contribution in [3.63, 3.8) is 0 Å². The highest BCUT2D eigenvalue weighted by Crippen LogP contribution is 2.46. The number of methoxy groups -OCH3 is 1. The SMILES string of the molecule is COc1cc2c(cc1S(=O)(=O)N1CCN(C)CC1)C(=O)c1c([nH]c3cc(N)ccc13)C2(C)C. The maximum absolute atomic E-state index is 13.7. The van der Waals surface area contributed by atoms with Crippen LogP contribution in [0.2, 0.25) is 0 Å². The van der Waals surface area contributed by atoms with Crippen LogP contribution in [0.4, 0.5) is 5.69 Å². The molecule has 0 amide bonds. The summed E-state index contributed by atoms with van der Waals surface area (Å²) in [5.41, 5.74) is 9.24. The van der Waals surface area contributed by atoms with Crippen molar-refractivity contribution in [2.45, 2.75) is 24.2 Å². The van der Waals surface area contributed by atoms with Gasteiger partial charge in [-0.05, 0) is 36.9 Å². The van der Waals surface area contributed by atoms with Gasteiger partial charge in [0.25, 0.3) is 0 Å². The molecule has 8 nitrogen and oxygen atoms in total. The van der Waals surface area contributed by atoms with Gasteiger partial charge in [0.05, 0.1) is 12.7 Å². The van der Waals surface area contributed by atoms with E-state index in [1.54, 1.807) is 12.1 Å². The number of aromatic amines is 1. The van der Waals surface area contributed by atoms with Crippen LogP contribution in [0.5, 0.6) is 5.75 Å². The topological polar surface area (TPSA) is 109 Å². The van der Waals surface area contributed by atoms with Gasteiger partial charge in [-0.25, -0.2) is 8.42 Å². The van der Waals surface area contributed by atoms with Gasteiger partial charge in [0.1, 0.15) is 10.6 Å². The molecular formula is C24H28N4O4S. The van der Waals surface area contributed by atoms with Gasteiger partial charge in [0.15, 0.2) is 5.78 Å². The van der Waals surface area contributed by atoms with Gasteiger partial charge in [-0.15, -0.1) is 0 Å². The van der Waals surface area contributed by atoms with Crippen LogP contribution < -0.4 is 10.5 Å². The number of aromatic nitrogens is 1. The molecule has 1 aliphatic carbocycles. The first kappa shape index (κ1) is 21.9. The monoisotopic (exact) mass is 468 g/mol. The molecule has 1 aliphatic heterocycles. The number of nitrogens with zero attached hydrogens (tertiary/aromatic N) is 2. The number of nitrogen functional groups attached to an aromatic ring is 1. The lowest BCUT2D eigenvalue weighted by Gasteiger charge is -2.34. The molecule has 0 radical (unpaired) electrons. The van der Waals surface area contributed by atoms with E-state index in [1.807, 2.05) is 33.0 Å². The fourth-order valence-electron chi connectivity index (χ4n) is 4.98. The Labute approximate surface area is 193 Å². The maximum atomic E-state index is 13.7. The lowest BCUT2D eigenvalue weighted by Crippen LogP contribution is -2.47. The van der Waals surface area contributed by atoms with Crippen molar-refractivity contribution >= 4 is 32.4 Å². The van der Waals surface area contributed by atoms with E-state index in [-0.39, 0.29) is 16.4 Å². The van der Waals surface area contributed by atoms with E-state index in [0.717, 1.165) is 22.2 Å². The average molecular weight is 469 g/mol. The fourth-order valence-corrected chi connectivity index (χ4v) is 6.57. The largest absolute Gasteiger partial charge is 0.495 e. The number of ketones is 1. The third-order valence-electron chi connectivity index (χ3n) is 6.98. The number of hydrogen-bond acceptors (Lipinski definition) is 6. The minimum Gasteiger partial charge on any atom is -0.495 e. The Morgan fingerprint density at radius 3 is 2.45 bits per heavy atom. The number of benzene rings is 2. The molecule has 1 aromatic heterocycles. The second-order valence-corrected chi connectivity index (χ2v) is 11.3. The molecule has 1 fully saturated rings. The van der Waals surface area contributed by atoms with Crippen LogP contribution in [0, 0.1) is 0 Å². The number of ether oxygens (including phenoxy) is 1. The van der Waals surface area contributed by atoms with Crippen LogP contribution in [0.1, 0.15) is 41.0 Å². The number of rotatable bonds is 3. The van der Waals surface area contributed by atoms with Crippen molar-refractivity contribution in [3.8, 4) is 5.75 Å². The Morgan fingerprint density at radius 1 is 1.09 bits per heavy atom. The molecule has 5 rings (SSSR count). The number of piperazine rings is 1.